The molecule has 0 radical (unpaired) electrons. The minimum absolute atomic E-state index is 0.0994. The molecule has 0 amide bonds. The van der Waals surface area contributed by atoms with Gasteiger partial charge in [0.1, 0.15) is 5.76 Å². The lowest BCUT2D eigenvalue weighted by Crippen LogP contribution is -2.31. The Morgan fingerprint density at radius 3 is 2.92 bits per heavy atom. The van der Waals surface area contributed by atoms with Crippen molar-refractivity contribution < 1.29 is 12.8 Å². The van der Waals surface area contributed by atoms with E-state index in [1.165, 1.54) is 0 Å². The Morgan fingerprint density at radius 1 is 1.35 bits per heavy atom. The second kappa shape index (κ2) is 6.57. The fourth-order valence-corrected chi connectivity index (χ4v) is 4.13. The van der Waals surface area contributed by atoms with E-state index in [1.807, 2.05) is 24.4 Å². The third-order valence-electron chi connectivity index (χ3n) is 4.32. The zero-order valence-corrected chi connectivity index (χ0v) is 16.1. The summed E-state index contributed by atoms with van der Waals surface area (Å²) in [6.07, 6.45) is 3.44. The number of rotatable bonds is 4. The summed E-state index contributed by atoms with van der Waals surface area (Å²) in [6, 6.07) is 3.97. The van der Waals surface area contributed by atoms with Crippen LogP contribution in [-0.4, -0.2) is 41.1 Å². The summed E-state index contributed by atoms with van der Waals surface area (Å²) in [5.74, 6) is 1.48. The van der Waals surface area contributed by atoms with Gasteiger partial charge in [0.15, 0.2) is 0 Å². The first-order valence-corrected chi connectivity index (χ1v) is 10.9. The maximum atomic E-state index is 11.6. The molecule has 7 nitrogen and oxygen atoms in total. The molecule has 0 atom stereocenters. The summed E-state index contributed by atoms with van der Waals surface area (Å²) in [6.45, 7) is 4.06. The molecule has 0 aliphatic carbocycles. The zero-order chi connectivity index (χ0) is 18.3. The smallest absolute Gasteiger partial charge is 0.246 e. The van der Waals surface area contributed by atoms with Crippen LogP contribution in [0.4, 0.5) is 0 Å². The molecule has 0 N–H and O–H groups in total. The van der Waals surface area contributed by atoms with Gasteiger partial charge in [0.2, 0.25) is 20.9 Å². The van der Waals surface area contributed by atoms with Crippen molar-refractivity contribution in [1.29, 1.82) is 0 Å². The highest BCUT2D eigenvalue weighted by molar-refractivity contribution is 7.90. The van der Waals surface area contributed by atoms with Gasteiger partial charge in [-0.2, -0.15) is 0 Å². The first-order valence-electron chi connectivity index (χ1n) is 8.17. The van der Waals surface area contributed by atoms with E-state index in [4.69, 9.17) is 4.42 Å². The highest BCUT2D eigenvalue weighted by Crippen LogP contribution is 2.27. The fraction of sp³-hybridized carbons (Fsp3) is 0.353. The SMILES string of the molecule is Cc1oc(-c2cccs2)nc1CN1CCc2nc(S(C)(=O)=O)ncc2C1. The molecular weight excluding hydrogens is 372 g/mol. The van der Waals surface area contributed by atoms with Crippen molar-refractivity contribution in [2.24, 2.45) is 0 Å². The molecule has 3 aromatic heterocycles. The second-order valence-corrected chi connectivity index (χ2v) is 9.21. The van der Waals surface area contributed by atoms with Gasteiger partial charge < -0.3 is 4.42 Å². The predicted molar refractivity (Wildman–Crippen MR) is 97.5 cm³/mol. The molecule has 0 aromatic carbocycles. The van der Waals surface area contributed by atoms with Gasteiger partial charge in [-0.3, -0.25) is 4.90 Å². The minimum atomic E-state index is -3.38. The topological polar surface area (TPSA) is 89.2 Å². The fourth-order valence-electron chi connectivity index (χ4n) is 2.96. The van der Waals surface area contributed by atoms with Crippen molar-refractivity contribution in [2.75, 3.05) is 12.8 Å². The Bertz CT molecular complexity index is 1040. The molecule has 0 saturated carbocycles. The number of hydrogen-bond acceptors (Lipinski definition) is 8. The van der Waals surface area contributed by atoms with Crippen LogP contribution in [0.15, 0.2) is 33.3 Å². The first kappa shape index (κ1) is 17.3. The molecule has 0 unspecified atom stereocenters. The number of oxazole rings is 1. The van der Waals surface area contributed by atoms with Crippen molar-refractivity contribution >= 4 is 21.2 Å². The number of thiophene rings is 1. The maximum Gasteiger partial charge on any atom is 0.246 e. The van der Waals surface area contributed by atoms with E-state index in [2.05, 4.69) is 19.9 Å². The molecule has 4 heterocycles. The van der Waals surface area contributed by atoms with E-state index in [0.29, 0.717) is 25.4 Å². The number of nitrogens with zero attached hydrogens (tertiary/aromatic N) is 4. The van der Waals surface area contributed by atoms with E-state index in [1.54, 1.807) is 17.5 Å². The lowest BCUT2D eigenvalue weighted by atomic mass is 10.1. The van der Waals surface area contributed by atoms with Gasteiger partial charge in [0.25, 0.3) is 0 Å². The summed E-state index contributed by atoms with van der Waals surface area (Å²) in [7, 11) is -3.38. The monoisotopic (exact) mass is 390 g/mol. The average molecular weight is 390 g/mol. The molecule has 26 heavy (non-hydrogen) atoms. The molecular formula is C17H18N4O3S2. The molecule has 9 heteroatoms. The van der Waals surface area contributed by atoms with E-state index in [0.717, 1.165) is 40.4 Å². The molecule has 136 valence electrons. The van der Waals surface area contributed by atoms with Crippen molar-refractivity contribution in [3.05, 3.63) is 46.4 Å². The summed E-state index contributed by atoms with van der Waals surface area (Å²) in [5.41, 5.74) is 2.70. The van der Waals surface area contributed by atoms with Crippen LogP contribution < -0.4 is 0 Å². The lowest BCUT2D eigenvalue weighted by molar-refractivity contribution is 0.238. The van der Waals surface area contributed by atoms with Gasteiger partial charge >= 0.3 is 0 Å². The summed E-state index contributed by atoms with van der Waals surface area (Å²) >= 11 is 1.60. The van der Waals surface area contributed by atoms with E-state index < -0.39 is 9.84 Å². The van der Waals surface area contributed by atoms with Crippen molar-refractivity contribution in [3.8, 4) is 10.8 Å². The third kappa shape index (κ3) is 3.42. The Kier molecular flexibility index (Phi) is 4.37. The van der Waals surface area contributed by atoms with Crippen LogP contribution in [0.2, 0.25) is 0 Å². The van der Waals surface area contributed by atoms with Crippen LogP contribution in [0.25, 0.3) is 10.8 Å². The predicted octanol–water partition coefficient (Wildman–Crippen LogP) is 2.46. The van der Waals surface area contributed by atoms with Crippen LogP contribution in [0.3, 0.4) is 0 Å². The Balaban J connectivity index is 1.52. The molecule has 3 aromatic rings. The van der Waals surface area contributed by atoms with E-state index in [-0.39, 0.29) is 5.16 Å². The largest absolute Gasteiger partial charge is 0.440 e. The van der Waals surface area contributed by atoms with Crippen LogP contribution in [0.5, 0.6) is 0 Å². The molecule has 1 aliphatic rings. The Labute approximate surface area is 155 Å². The highest BCUT2D eigenvalue weighted by atomic mass is 32.2. The van der Waals surface area contributed by atoms with Gasteiger partial charge in [-0.15, -0.1) is 11.3 Å². The van der Waals surface area contributed by atoms with Crippen LogP contribution >= 0.6 is 11.3 Å². The van der Waals surface area contributed by atoms with Crippen molar-refractivity contribution in [3.63, 3.8) is 0 Å². The lowest BCUT2D eigenvalue weighted by Gasteiger charge is -2.27. The van der Waals surface area contributed by atoms with Gasteiger partial charge in [0.05, 0.1) is 16.3 Å². The molecule has 0 fully saturated rings. The summed E-state index contributed by atoms with van der Waals surface area (Å²) in [4.78, 5) is 16.1. The van der Waals surface area contributed by atoms with Gasteiger partial charge in [-0.1, -0.05) is 6.07 Å². The second-order valence-electron chi connectivity index (χ2n) is 6.36. The third-order valence-corrected chi connectivity index (χ3v) is 6.04. The first-order chi connectivity index (χ1) is 12.4. The maximum absolute atomic E-state index is 11.6. The molecule has 4 rings (SSSR count). The minimum Gasteiger partial charge on any atom is -0.440 e. The van der Waals surface area contributed by atoms with Gasteiger partial charge in [-0.05, 0) is 18.4 Å². The van der Waals surface area contributed by atoms with Crippen LogP contribution in [-0.2, 0) is 29.3 Å². The number of aryl methyl sites for hydroxylation is 1. The van der Waals surface area contributed by atoms with Crippen molar-refractivity contribution in [1.82, 2.24) is 19.9 Å². The molecule has 1 aliphatic heterocycles. The Morgan fingerprint density at radius 2 is 2.19 bits per heavy atom. The van der Waals surface area contributed by atoms with E-state index >= 15 is 0 Å². The number of hydrogen-bond donors (Lipinski definition) is 0. The molecule has 0 bridgehead atoms. The molecule has 0 saturated heterocycles. The zero-order valence-electron chi connectivity index (χ0n) is 14.5. The van der Waals surface area contributed by atoms with Crippen LogP contribution in [0, 0.1) is 6.92 Å². The van der Waals surface area contributed by atoms with E-state index in [9.17, 15) is 8.42 Å². The Hall–Kier alpha value is -2.10. The highest BCUT2D eigenvalue weighted by Gasteiger charge is 2.23. The summed E-state index contributed by atoms with van der Waals surface area (Å²) < 4.78 is 29.0. The number of sulfone groups is 1. The van der Waals surface area contributed by atoms with Gasteiger partial charge in [0, 0.05) is 44.1 Å². The van der Waals surface area contributed by atoms with Gasteiger partial charge in [-0.25, -0.2) is 23.4 Å². The number of aromatic nitrogens is 3. The average Bonchev–Trinajstić information content (AvgIpc) is 3.24. The number of fused-ring (bicyclic) bond motifs is 1. The standard InChI is InChI=1S/C17H18N4O3S2/c1-11-14(19-16(24-11)15-4-3-7-25-15)10-21-6-5-13-12(9-21)8-18-17(20-13)26(2,22)23/h3-4,7-8H,5-6,9-10H2,1-2H3. The normalized spacial score (nSPS) is 15.2. The summed E-state index contributed by atoms with van der Waals surface area (Å²) in [5, 5.41) is 1.90. The quantitative estimate of drug-likeness (QED) is 0.632. The van der Waals surface area contributed by atoms with Crippen LogP contribution in [0.1, 0.15) is 22.7 Å². The van der Waals surface area contributed by atoms with Crippen molar-refractivity contribution in [2.45, 2.75) is 31.6 Å². The molecule has 0 spiro atoms.